The van der Waals surface area contributed by atoms with E-state index in [9.17, 15) is 9.18 Å². The molecule has 0 bridgehead atoms. The third kappa shape index (κ3) is 5.66. The molecule has 0 aliphatic rings. The van der Waals surface area contributed by atoms with Crippen LogP contribution in [0.5, 0.6) is 0 Å². The number of hydrogen-bond acceptors (Lipinski definition) is 2. The van der Waals surface area contributed by atoms with Crippen molar-refractivity contribution in [3.8, 4) is 0 Å². The maximum Gasteiger partial charge on any atom is 0.221 e. The molecule has 3 nitrogen and oxygen atoms in total. The summed E-state index contributed by atoms with van der Waals surface area (Å²) in [6.45, 7) is 5.38. The number of amides is 1. The van der Waals surface area contributed by atoms with Gasteiger partial charge in [0, 0.05) is 19.5 Å². The van der Waals surface area contributed by atoms with E-state index in [0.29, 0.717) is 31.1 Å². The quantitative estimate of drug-likeness (QED) is 0.783. The van der Waals surface area contributed by atoms with Gasteiger partial charge in [-0.15, -0.1) is 0 Å². The summed E-state index contributed by atoms with van der Waals surface area (Å²) in [4.78, 5) is 11.5. The van der Waals surface area contributed by atoms with Crippen LogP contribution in [-0.2, 0) is 4.79 Å². The van der Waals surface area contributed by atoms with Crippen LogP contribution in [0.1, 0.15) is 26.7 Å². The van der Waals surface area contributed by atoms with E-state index in [4.69, 9.17) is 0 Å². The first kappa shape index (κ1) is 14.5. The zero-order chi connectivity index (χ0) is 13.4. The van der Waals surface area contributed by atoms with Crippen molar-refractivity contribution in [2.75, 3.05) is 18.4 Å². The predicted octanol–water partition coefficient (Wildman–Crippen LogP) is 2.79. The van der Waals surface area contributed by atoms with Crippen LogP contribution in [0.15, 0.2) is 24.3 Å². The predicted molar refractivity (Wildman–Crippen MR) is 72.0 cm³/mol. The summed E-state index contributed by atoms with van der Waals surface area (Å²) >= 11 is 0. The second kappa shape index (κ2) is 7.69. The van der Waals surface area contributed by atoms with Crippen LogP contribution in [-0.4, -0.2) is 19.0 Å². The van der Waals surface area contributed by atoms with Crippen molar-refractivity contribution in [1.82, 2.24) is 5.32 Å². The molecule has 18 heavy (non-hydrogen) atoms. The number of anilines is 1. The molecule has 0 aliphatic carbocycles. The van der Waals surface area contributed by atoms with Crippen LogP contribution < -0.4 is 10.6 Å². The molecule has 0 aliphatic heterocycles. The minimum atomic E-state index is -0.294. The smallest absolute Gasteiger partial charge is 0.221 e. The van der Waals surface area contributed by atoms with Gasteiger partial charge in [0.15, 0.2) is 0 Å². The van der Waals surface area contributed by atoms with Crippen LogP contribution in [0.2, 0.25) is 0 Å². The van der Waals surface area contributed by atoms with Crippen molar-refractivity contribution in [3.63, 3.8) is 0 Å². The van der Waals surface area contributed by atoms with E-state index in [1.807, 2.05) is 0 Å². The molecule has 0 atom stereocenters. The van der Waals surface area contributed by atoms with Crippen LogP contribution >= 0.6 is 0 Å². The van der Waals surface area contributed by atoms with E-state index < -0.39 is 0 Å². The summed E-state index contributed by atoms with van der Waals surface area (Å²) in [6.07, 6.45) is 1.33. The number of carbonyl (C=O) groups excluding carboxylic acids is 1. The largest absolute Gasteiger partial charge is 0.382 e. The van der Waals surface area contributed by atoms with Gasteiger partial charge in [-0.2, -0.15) is 0 Å². The van der Waals surface area contributed by atoms with Gasteiger partial charge in [-0.3, -0.25) is 4.79 Å². The number of rotatable bonds is 7. The molecule has 0 saturated heterocycles. The Morgan fingerprint density at radius 3 is 2.67 bits per heavy atom. The van der Waals surface area contributed by atoms with Crippen molar-refractivity contribution >= 4 is 11.6 Å². The van der Waals surface area contributed by atoms with Gasteiger partial charge in [0.2, 0.25) is 5.91 Å². The first-order valence-corrected chi connectivity index (χ1v) is 6.34. The van der Waals surface area contributed by atoms with E-state index >= 15 is 0 Å². The molecule has 1 rings (SSSR count). The third-order valence-electron chi connectivity index (χ3n) is 2.59. The summed E-state index contributed by atoms with van der Waals surface area (Å²) in [6, 6.07) is 6.45. The average molecular weight is 252 g/mol. The highest BCUT2D eigenvalue weighted by Gasteiger charge is 2.03. The van der Waals surface area contributed by atoms with Gasteiger partial charge >= 0.3 is 0 Å². The van der Waals surface area contributed by atoms with Gasteiger partial charge in [0.25, 0.3) is 0 Å². The summed E-state index contributed by atoms with van der Waals surface area (Å²) in [5.41, 5.74) is 0.437. The number of hydrogen-bond donors (Lipinski definition) is 2. The molecule has 2 N–H and O–H groups in total. The Kier molecular flexibility index (Phi) is 6.19. The number of para-hydroxylation sites is 1. The highest BCUT2D eigenvalue weighted by molar-refractivity contribution is 5.76. The summed E-state index contributed by atoms with van der Waals surface area (Å²) in [7, 11) is 0. The molecule has 4 heteroatoms. The van der Waals surface area contributed by atoms with E-state index in [-0.39, 0.29) is 11.7 Å². The Hall–Kier alpha value is -1.58. The summed E-state index contributed by atoms with van der Waals surface area (Å²) in [5, 5.41) is 5.75. The van der Waals surface area contributed by atoms with Crippen LogP contribution in [0, 0.1) is 11.7 Å². The van der Waals surface area contributed by atoms with Gasteiger partial charge in [-0.1, -0.05) is 26.0 Å². The molecule has 0 spiro atoms. The molecule has 1 aromatic rings. The summed E-state index contributed by atoms with van der Waals surface area (Å²) < 4.78 is 13.2. The summed E-state index contributed by atoms with van der Waals surface area (Å²) in [5.74, 6) is 0.291. The van der Waals surface area contributed by atoms with E-state index in [2.05, 4.69) is 24.5 Å². The molecule has 100 valence electrons. The van der Waals surface area contributed by atoms with Gasteiger partial charge in [-0.25, -0.2) is 4.39 Å². The number of nitrogens with one attached hydrogen (secondary N) is 2. The van der Waals surface area contributed by atoms with Crippen molar-refractivity contribution in [3.05, 3.63) is 30.1 Å². The zero-order valence-corrected chi connectivity index (χ0v) is 11.0. The number of benzene rings is 1. The lowest BCUT2D eigenvalue weighted by Gasteiger charge is -2.09. The lowest BCUT2D eigenvalue weighted by atomic mass is 10.1. The van der Waals surface area contributed by atoms with Gasteiger partial charge in [0.05, 0.1) is 5.69 Å². The monoisotopic (exact) mass is 252 g/mol. The van der Waals surface area contributed by atoms with Crippen molar-refractivity contribution in [2.45, 2.75) is 26.7 Å². The standard InChI is InChI=1S/C14H21FN2O/c1-11(2)7-9-17-14(18)8-10-16-13-6-4-3-5-12(13)15/h3-6,11,16H,7-10H2,1-2H3,(H,17,18). The Bertz CT molecular complexity index is 380. The Morgan fingerprint density at radius 2 is 2.00 bits per heavy atom. The highest BCUT2D eigenvalue weighted by atomic mass is 19.1. The van der Waals surface area contributed by atoms with Crippen LogP contribution in [0.4, 0.5) is 10.1 Å². The molecule has 1 amide bonds. The molecule has 0 unspecified atom stereocenters. The van der Waals surface area contributed by atoms with Crippen molar-refractivity contribution < 1.29 is 9.18 Å². The first-order chi connectivity index (χ1) is 8.59. The van der Waals surface area contributed by atoms with Crippen molar-refractivity contribution in [1.29, 1.82) is 0 Å². The molecule has 0 saturated carbocycles. The molecule has 1 aromatic carbocycles. The Balaban J connectivity index is 2.18. The fourth-order valence-corrected chi connectivity index (χ4v) is 1.50. The van der Waals surface area contributed by atoms with E-state index in [1.54, 1.807) is 18.2 Å². The molecule has 0 fully saturated rings. The topological polar surface area (TPSA) is 41.1 Å². The average Bonchev–Trinajstić information content (AvgIpc) is 2.31. The highest BCUT2D eigenvalue weighted by Crippen LogP contribution is 2.11. The van der Waals surface area contributed by atoms with E-state index in [0.717, 1.165) is 6.42 Å². The van der Waals surface area contributed by atoms with Crippen LogP contribution in [0.25, 0.3) is 0 Å². The Morgan fingerprint density at radius 1 is 1.28 bits per heavy atom. The molecule has 0 aromatic heterocycles. The maximum atomic E-state index is 13.2. The maximum absolute atomic E-state index is 13.2. The second-order valence-corrected chi connectivity index (χ2v) is 4.69. The lowest BCUT2D eigenvalue weighted by Crippen LogP contribution is -2.27. The SMILES string of the molecule is CC(C)CCNC(=O)CCNc1ccccc1F. The lowest BCUT2D eigenvalue weighted by molar-refractivity contribution is -0.120. The van der Waals surface area contributed by atoms with Gasteiger partial charge in [-0.05, 0) is 24.5 Å². The van der Waals surface area contributed by atoms with Gasteiger partial charge < -0.3 is 10.6 Å². The number of carbonyl (C=O) groups is 1. The second-order valence-electron chi connectivity index (χ2n) is 4.69. The fraction of sp³-hybridized carbons (Fsp3) is 0.500. The van der Waals surface area contributed by atoms with Gasteiger partial charge in [0.1, 0.15) is 5.82 Å². The normalized spacial score (nSPS) is 10.4. The molecule has 0 radical (unpaired) electrons. The van der Waals surface area contributed by atoms with E-state index in [1.165, 1.54) is 6.07 Å². The van der Waals surface area contributed by atoms with Crippen LogP contribution in [0.3, 0.4) is 0 Å². The van der Waals surface area contributed by atoms with Crippen molar-refractivity contribution in [2.24, 2.45) is 5.92 Å². The molecular weight excluding hydrogens is 231 g/mol. The minimum Gasteiger partial charge on any atom is -0.382 e. The minimum absolute atomic E-state index is 0.000473. The number of halogens is 1. The molecular formula is C14H21FN2O. The third-order valence-corrected chi connectivity index (χ3v) is 2.59. The Labute approximate surface area is 108 Å². The first-order valence-electron chi connectivity index (χ1n) is 6.34. The molecule has 0 heterocycles. The zero-order valence-electron chi connectivity index (χ0n) is 11.0. The fourth-order valence-electron chi connectivity index (χ4n) is 1.50.